The lowest BCUT2D eigenvalue weighted by molar-refractivity contribution is 0.0916. The fourth-order valence-corrected chi connectivity index (χ4v) is 4.81. The molecular formula is C13H18Cl2N2O3S. The van der Waals surface area contributed by atoms with Crippen molar-refractivity contribution in [3.05, 3.63) is 27.7 Å². The van der Waals surface area contributed by atoms with Gasteiger partial charge in [-0.1, -0.05) is 23.2 Å². The molecule has 1 aromatic carbocycles. The molecule has 0 amide bonds. The Morgan fingerprint density at radius 1 is 1.38 bits per heavy atom. The molecule has 1 aliphatic rings. The normalized spacial score (nSPS) is 22.7. The lowest BCUT2D eigenvalue weighted by Gasteiger charge is -2.20. The van der Waals surface area contributed by atoms with E-state index in [0.717, 1.165) is 19.3 Å². The maximum absolute atomic E-state index is 12.5. The van der Waals surface area contributed by atoms with Crippen LogP contribution in [-0.2, 0) is 21.3 Å². The largest absolute Gasteiger partial charge is 0.380 e. The van der Waals surface area contributed by atoms with Crippen LogP contribution in [-0.4, -0.2) is 27.7 Å². The summed E-state index contributed by atoms with van der Waals surface area (Å²) in [6.45, 7) is 0.0746. The monoisotopic (exact) mass is 352 g/mol. The molecule has 5 nitrogen and oxygen atoms in total. The molecule has 2 unspecified atom stereocenters. The van der Waals surface area contributed by atoms with Gasteiger partial charge in [-0.05, 0) is 31.4 Å². The number of nitrogens with one attached hydrogen (secondary N) is 1. The number of methoxy groups -OCH3 is 1. The topological polar surface area (TPSA) is 81.4 Å². The molecule has 2 atom stereocenters. The first-order valence-electron chi connectivity index (χ1n) is 6.62. The molecule has 8 heteroatoms. The molecule has 0 aromatic heterocycles. The van der Waals surface area contributed by atoms with Crippen molar-refractivity contribution in [1.82, 2.24) is 4.72 Å². The summed E-state index contributed by atoms with van der Waals surface area (Å²) >= 11 is 12.1. The summed E-state index contributed by atoms with van der Waals surface area (Å²) in [5, 5.41) is 0.432. The van der Waals surface area contributed by atoms with E-state index in [2.05, 4.69) is 4.72 Å². The number of sulfonamides is 1. The molecule has 1 aromatic rings. The van der Waals surface area contributed by atoms with Crippen molar-refractivity contribution >= 4 is 33.2 Å². The van der Waals surface area contributed by atoms with Gasteiger partial charge in [-0.2, -0.15) is 0 Å². The molecule has 1 saturated carbocycles. The molecule has 0 spiro atoms. The summed E-state index contributed by atoms with van der Waals surface area (Å²) in [6.07, 6.45) is 2.40. The van der Waals surface area contributed by atoms with E-state index in [1.54, 1.807) is 7.11 Å². The molecule has 0 heterocycles. The van der Waals surface area contributed by atoms with Crippen molar-refractivity contribution in [3.8, 4) is 0 Å². The molecule has 0 bridgehead atoms. The second kappa shape index (κ2) is 6.81. The van der Waals surface area contributed by atoms with Gasteiger partial charge in [0.15, 0.2) is 0 Å². The van der Waals surface area contributed by atoms with Crippen LogP contribution in [0.1, 0.15) is 24.8 Å². The molecule has 0 saturated heterocycles. The van der Waals surface area contributed by atoms with Gasteiger partial charge in [0, 0.05) is 30.3 Å². The van der Waals surface area contributed by atoms with Crippen LogP contribution in [0.2, 0.25) is 10.0 Å². The predicted molar refractivity (Wildman–Crippen MR) is 83.1 cm³/mol. The van der Waals surface area contributed by atoms with E-state index in [0.29, 0.717) is 10.6 Å². The van der Waals surface area contributed by atoms with Crippen LogP contribution in [0.5, 0.6) is 0 Å². The van der Waals surface area contributed by atoms with Gasteiger partial charge in [0.25, 0.3) is 0 Å². The summed E-state index contributed by atoms with van der Waals surface area (Å²) in [7, 11) is -2.16. The Hall–Kier alpha value is -0.370. The number of ether oxygens (including phenoxy) is 1. The van der Waals surface area contributed by atoms with Crippen molar-refractivity contribution < 1.29 is 13.2 Å². The van der Waals surface area contributed by atoms with Crippen LogP contribution in [0.25, 0.3) is 0 Å². The van der Waals surface area contributed by atoms with Gasteiger partial charge in [-0.3, -0.25) is 0 Å². The molecule has 0 radical (unpaired) electrons. The molecule has 21 heavy (non-hydrogen) atoms. The molecule has 3 N–H and O–H groups in total. The van der Waals surface area contributed by atoms with Crippen LogP contribution in [0.4, 0.5) is 0 Å². The van der Waals surface area contributed by atoms with Crippen LogP contribution < -0.4 is 10.5 Å². The van der Waals surface area contributed by atoms with E-state index in [1.807, 2.05) is 0 Å². The fourth-order valence-electron chi connectivity index (χ4n) is 2.58. The number of halogens is 2. The third-order valence-electron chi connectivity index (χ3n) is 3.71. The smallest absolute Gasteiger partial charge is 0.242 e. The fraction of sp³-hybridized carbons (Fsp3) is 0.538. The molecule has 118 valence electrons. The Bertz CT molecular complexity index is 622. The zero-order valence-electron chi connectivity index (χ0n) is 11.6. The highest BCUT2D eigenvalue weighted by molar-refractivity contribution is 7.89. The standard InChI is InChI=1S/C13H18Cl2N2O3S/c1-20-11-4-2-3-10(11)17-21(18,19)12-6-5-9(14)8(7-16)13(12)15/h5-6,10-11,17H,2-4,7,16H2,1H3. The van der Waals surface area contributed by atoms with E-state index in [9.17, 15) is 8.42 Å². The molecule has 2 rings (SSSR count). The summed E-state index contributed by atoms with van der Waals surface area (Å²) < 4.78 is 33.0. The Kier molecular flexibility index (Phi) is 5.51. The van der Waals surface area contributed by atoms with Crippen molar-refractivity contribution in [2.75, 3.05) is 7.11 Å². The maximum Gasteiger partial charge on any atom is 0.242 e. The Morgan fingerprint density at radius 2 is 2.10 bits per heavy atom. The summed E-state index contributed by atoms with van der Waals surface area (Å²) in [5.41, 5.74) is 5.99. The summed E-state index contributed by atoms with van der Waals surface area (Å²) in [6, 6.07) is 2.64. The van der Waals surface area contributed by atoms with Gasteiger partial charge in [0.2, 0.25) is 10.0 Å². The molecule has 1 aliphatic carbocycles. The summed E-state index contributed by atoms with van der Waals surface area (Å²) in [4.78, 5) is -0.00392. The first-order valence-corrected chi connectivity index (χ1v) is 8.86. The first-order chi connectivity index (χ1) is 9.90. The maximum atomic E-state index is 12.5. The number of hydrogen-bond donors (Lipinski definition) is 2. The van der Waals surface area contributed by atoms with Crippen LogP contribution in [0.15, 0.2) is 17.0 Å². The van der Waals surface area contributed by atoms with Gasteiger partial charge in [-0.15, -0.1) is 0 Å². The van der Waals surface area contributed by atoms with E-state index >= 15 is 0 Å². The minimum Gasteiger partial charge on any atom is -0.380 e. The SMILES string of the molecule is COC1CCCC1NS(=O)(=O)c1ccc(Cl)c(CN)c1Cl. The zero-order valence-corrected chi connectivity index (χ0v) is 13.9. The highest BCUT2D eigenvalue weighted by Crippen LogP contribution is 2.31. The second-order valence-corrected chi connectivity index (χ2v) is 7.44. The average molecular weight is 353 g/mol. The van der Waals surface area contributed by atoms with Gasteiger partial charge < -0.3 is 10.5 Å². The van der Waals surface area contributed by atoms with Crippen molar-refractivity contribution in [1.29, 1.82) is 0 Å². The number of hydrogen-bond acceptors (Lipinski definition) is 4. The predicted octanol–water partition coefficient (Wildman–Crippen LogP) is 2.30. The third kappa shape index (κ3) is 3.52. The number of benzene rings is 1. The van der Waals surface area contributed by atoms with Gasteiger partial charge in [-0.25, -0.2) is 13.1 Å². The Balaban J connectivity index is 2.32. The lowest BCUT2D eigenvalue weighted by atomic mass is 10.2. The first kappa shape index (κ1) is 17.0. The van der Waals surface area contributed by atoms with Crippen molar-refractivity contribution in [2.45, 2.75) is 42.8 Å². The Morgan fingerprint density at radius 3 is 2.71 bits per heavy atom. The van der Waals surface area contributed by atoms with Gasteiger partial charge in [0.05, 0.1) is 11.1 Å². The summed E-state index contributed by atoms with van der Waals surface area (Å²) in [5.74, 6) is 0. The van der Waals surface area contributed by atoms with E-state index in [1.165, 1.54) is 12.1 Å². The minimum absolute atomic E-state index is 0.00392. The van der Waals surface area contributed by atoms with Crippen LogP contribution in [0, 0.1) is 0 Å². The second-order valence-electron chi connectivity index (χ2n) is 4.98. The zero-order chi connectivity index (χ0) is 15.6. The highest BCUT2D eigenvalue weighted by atomic mass is 35.5. The Labute approximate surface area is 134 Å². The number of rotatable bonds is 5. The van der Waals surface area contributed by atoms with E-state index in [-0.39, 0.29) is 28.6 Å². The van der Waals surface area contributed by atoms with Gasteiger partial charge >= 0.3 is 0 Å². The van der Waals surface area contributed by atoms with Crippen LogP contribution in [0.3, 0.4) is 0 Å². The number of nitrogens with two attached hydrogens (primary N) is 1. The quantitative estimate of drug-likeness (QED) is 0.851. The third-order valence-corrected chi connectivity index (χ3v) is 6.14. The minimum atomic E-state index is -3.74. The van der Waals surface area contributed by atoms with Gasteiger partial charge in [0.1, 0.15) is 4.90 Å². The lowest BCUT2D eigenvalue weighted by Crippen LogP contribution is -2.40. The molecule has 0 aliphatic heterocycles. The van der Waals surface area contributed by atoms with Crippen molar-refractivity contribution in [2.24, 2.45) is 5.73 Å². The molecule has 1 fully saturated rings. The van der Waals surface area contributed by atoms with E-state index < -0.39 is 10.0 Å². The van der Waals surface area contributed by atoms with Crippen LogP contribution >= 0.6 is 23.2 Å². The van der Waals surface area contributed by atoms with E-state index in [4.69, 9.17) is 33.7 Å². The highest BCUT2D eigenvalue weighted by Gasteiger charge is 2.32. The average Bonchev–Trinajstić information content (AvgIpc) is 2.85. The molecular weight excluding hydrogens is 335 g/mol. The van der Waals surface area contributed by atoms with Crippen molar-refractivity contribution in [3.63, 3.8) is 0 Å².